The van der Waals surface area contributed by atoms with E-state index in [4.69, 9.17) is 9.68 Å². The summed E-state index contributed by atoms with van der Waals surface area (Å²) in [6.07, 6.45) is 5.97. The highest BCUT2D eigenvalue weighted by Gasteiger charge is 2.26. The predicted molar refractivity (Wildman–Crippen MR) is 61.7 cm³/mol. The van der Waals surface area contributed by atoms with Crippen LogP contribution < -0.4 is 0 Å². The highest BCUT2D eigenvalue weighted by molar-refractivity contribution is 5.78. The van der Waals surface area contributed by atoms with E-state index in [1.807, 2.05) is 18.2 Å². The number of hydrogen-bond acceptors (Lipinski definition) is 3. The van der Waals surface area contributed by atoms with Crippen LogP contribution in [0.3, 0.4) is 0 Å². The molecule has 90 valence electrons. The first-order chi connectivity index (χ1) is 8.31. The maximum atomic E-state index is 11.9. The minimum absolute atomic E-state index is 0.0444. The standard InChI is InChI=1S/C13H16N2O2/c14-8-7-13(16)15(11-4-1-2-5-11)10-12-6-3-9-17-12/h3,6,9,11H,1-2,4-5,7,10H2. The lowest BCUT2D eigenvalue weighted by molar-refractivity contribution is -0.133. The molecule has 0 aromatic carbocycles. The smallest absolute Gasteiger partial charge is 0.237 e. The van der Waals surface area contributed by atoms with Crippen LogP contribution in [0.2, 0.25) is 0 Å². The van der Waals surface area contributed by atoms with Gasteiger partial charge in [-0.2, -0.15) is 5.26 Å². The maximum absolute atomic E-state index is 11.9. The SMILES string of the molecule is N#CCC(=O)N(Cc1ccco1)C1CCCC1. The van der Waals surface area contributed by atoms with Crippen molar-refractivity contribution in [3.63, 3.8) is 0 Å². The summed E-state index contributed by atoms with van der Waals surface area (Å²) in [4.78, 5) is 13.7. The van der Waals surface area contributed by atoms with Crippen LogP contribution in [0.5, 0.6) is 0 Å². The molecule has 0 bridgehead atoms. The molecule has 2 rings (SSSR count). The van der Waals surface area contributed by atoms with E-state index < -0.39 is 0 Å². The number of carbonyl (C=O) groups is 1. The van der Waals surface area contributed by atoms with Gasteiger partial charge in [0.2, 0.25) is 5.91 Å². The van der Waals surface area contributed by atoms with Crippen LogP contribution >= 0.6 is 0 Å². The van der Waals surface area contributed by atoms with Crippen molar-refractivity contribution in [1.82, 2.24) is 4.90 Å². The summed E-state index contributed by atoms with van der Waals surface area (Å²) in [6.45, 7) is 0.484. The van der Waals surface area contributed by atoms with E-state index in [2.05, 4.69) is 0 Å². The second-order valence-electron chi connectivity index (χ2n) is 4.37. The van der Waals surface area contributed by atoms with Crippen LogP contribution in [-0.2, 0) is 11.3 Å². The number of furan rings is 1. The Labute approximate surface area is 101 Å². The van der Waals surface area contributed by atoms with E-state index in [0.717, 1.165) is 18.6 Å². The molecule has 1 aromatic rings. The zero-order valence-corrected chi connectivity index (χ0v) is 9.76. The van der Waals surface area contributed by atoms with Gasteiger partial charge in [0, 0.05) is 6.04 Å². The molecule has 1 saturated carbocycles. The average molecular weight is 232 g/mol. The fourth-order valence-corrected chi connectivity index (χ4v) is 2.38. The lowest BCUT2D eigenvalue weighted by atomic mass is 10.2. The monoisotopic (exact) mass is 232 g/mol. The van der Waals surface area contributed by atoms with Gasteiger partial charge in [0.1, 0.15) is 12.2 Å². The Kier molecular flexibility index (Phi) is 3.81. The van der Waals surface area contributed by atoms with Crippen LogP contribution in [0.4, 0.5) is 0 Å². The molecular weight excluding hydrogens is 216 g/mol. The molecule has 0 radical (unpaired) electrons. The number of nitriles is 1. The molecule has 1 aliphatic rings. The van der Waals surface area contributed by atoms with Crippen LogP contribution in [-0.4, -0.2) is 16.8 Å². The number of carbonyl (C=O) groups excluding carboxylic acids is 1. The second kappa shape index (κ2) is 5.53. The fraction of sp³-hybridized carbons (Fsp3) is 0.538. The molecule has 0 aliphatic heterocycles. The number of hydrogen-bond donors (Lipinski definition) is 0. The Hall–Kier alpha value is -1.76. The topological polar surface area (TPSA) is 57.2 Å². The summed E-state index contributed by atoms with van der Waals surface area (Å²) in [6, 6.07) is 5.89. The molecule has 4 heteroatoms. The van der Waals surface area contributed by atoms with Gasteiger partial charge >= 0.3 is 0 Å². The summed E-state index contributed by atoms with van der Waals surface area (Å²) in [5, 5.41) is 8.63. The van der Waals surface area contributed by atoms with E-state index >= 15 is 0 Å². The van der Waals surface area contributed by atoms with E-state index in [0.29, 0.717) is 6.54 Å². The van der Waals surface area contributed by atoms with Crippen LogP contribution in [0.25, 0.3) is 0 Å². The minimum atomic E-state index is -0.0872. The van der Waals surface area contributed by atoms with Crippen molar-refractivity contribution in [2.75, 3.05) is 0 Å². The van der Waals surface area contributed by atoms with Crippen molar-refractivity contribution in [3.05, 3.63) is 24.2 Å². The molecule has 1 aliphatic carbocycles. The van der Waals surface area contributed by atoms with Gasteiger partial charge in [-0.05, 0) is 25.0 Å². The van der Waals surface area contributed by atoms with Crippen molar-refractivity contribution in [2.45, 2.75) is 44.7 Å². The molecule has 1 aromatic heterocycles. The van der Waals surface area contributed by atoms with Gasteiger partial charge in [0.05, 0.1) is 18.9 Å². The molecule has 17 heavy (non-hydrogen) atoms. The third-order valence-electron chi connectivity index (χ3n) is 3.22. The van der Waals surface area contributed by atoms with Gasteiger partial charge in [-0.3, -0.25) is 4.79 Å². The van der Waals surface area contributed by atoms with E-state index in [1.54, 1.807) is 11.2 Å². The molecule has 0 N–H and O–H groups in total. The van der Waals surface area contributed by atoms with Crippen molar-refractivity contribution in [2.24, 2.45) is 0 Å². The molecule has 1 heterocycles. The molecule has 0 saturated heterocycles. The predicted octanol–water partition coefficient (Wildman–Crippen LogP) is 2.46. The third-order valence-corrected chi connectivity index (χ3v) is 3.22. The van der Waals surface area contributed by atoms with Gasteiger partial charge in [0.25, 0.3) is 0 Å². The normalized spacial score (nSPS) is 15.7. The Morgan fingerprint density at radius 1 is 1.53 bits per heavy atom. The highest BCUT2D eigenvalue weighted by Crippen LogP contribution is 2.25. The van der Waals surface area contributed by atoms with Crippen LogP contribution in [0.1, 0.15) is 37.9 Å². The molecule has 0 atom stereocenters. The number of amides is 1. The first-order valence-electron chi connectivity index (χ1n) is 6.00. The van der Waals surface area contributed by atoms with Gasteiger partial charge < -0.3 is 9.32 Å². The molecular formula is C13H16N2O2. The maximum Gasteiger partial charge on any atom is 0.237 e. The number of rotatable bonds is 4. The Morgan fingerprint density at radius 2 is 2.29 bits per heavy atom. The lowest BCUT2D eigenvalue weighted by Crippen LogP contribution is -2.37. The molecule has 4 nitrogen and oxygen atoms in total. The molecule has 1 fully saturated rings. The third kappa shape index (κ3) is 2.88. The van der Waals surface area contributed by atoms with Gasteiger partial charge in [-0.25, -0.2) is 0 Å². The van der Waals surface area contributed by atoms with Gasteiger partial charge in [-0.15, -0.1) is 0 Å². The summed E-state index contributed by atoms with van der Waals surface area (Å²) >= 11 is 0. The van der Waals surface area contributed by atoms with Crippen molar-refractivity contribution >= 4 is 5.91 Å². The number of nitrogens with zero attached hydrogens (tertiary/aromatic N) is 2. The van der Waals surface area contributed by atoms with Gasteiger partial charge in [0.15, 0.2) is 0 Å². The highest BCUT2D eigenvalue weighted by atomic mass is 16.3. The van der Waals surface area contributed by atoms with E-state index in [9.17, 15) is 4.79 Å². The summed E-state index contributed by atoms with van der Waals surface area (Å²) < 4.78 is 5.28. The Bertz CT molecular complexity index is 400. The average Bonchev–Trinajstić information content (AvgIpc) is 2.99. The first-order valence-corrected chi connectivity index (χ1v) is 6.00. The van der Waals surface area contributed by atoms with E-state index in [-0.39, 0.29) is 18.4 Å². The Balaban J connectivity index is 2.06. The Morgan fingerprint density at radius 3 is 2.88 bits per heavy atom. The van der Waals surface area contributed by atoms with Crippen LogP contribution in [0.15, 0.2) is 22.8 Å². The van der Waals surface area contributed by atoms with Crippen LogP contribution in [0, 0.1) is 11.3 Å². The largest absolute Gasteiger partial charge is 0.467 e. The van der Waals surface area contributed by atoms with Gasteiger partial charge in [-0.1, -0.05) is 12.8 Å². The molecule has 0 spiro atoms. The lowest BCUT2D eigenvalue weighted by Gasteiger charge is -2.27. The molecule has 1 amide bonds. The second-order valence-corrected chi connectivity index (χ2v) is 4.37. The van der Waals surface area contributed by atoms with Crippen molar-refractivity contribution in [1.29, 1.82) is 5.26 Å². The summed E-state index contributed by atoms with van der Waals surface area (Å²) in [7, 11) is 0. The summed E-state index contributed by atoms with van der Waals surface area (Å²) in [5.41, 5.74) is 0. The summed E-state index contributed by atoms with van der Waals surface area (Å²) in [5.74, 6) is 0.694. The zero-order valence-electron chi connectivity index (χ0n) is 9.76. The van der Waals surface area contributed by atoms with E-state index in [1.165, 1.54) is 12.8 Å². The first kappa shape index (κ1) is 11.7. The quantitative estimate of drug-likeness (QED) is 0.801. The molecule has 0 unspecified atom stereocenters. The minimum Gasteiger partial charge on any atom is -0.467 e. The fourth-order valence-electron chi connectivity index (χ4n) is 2.38. The van der Waals surface area contributed by atoms with Crippen molar-refractivity contribution < 1.29 is 9.21 Å². The van der Waals surface area contributed by atoms with Crippen molar-refractivity contribution in [3.8, 4) is 6.07 Å². The zero-order chi connectivity index (χ0) is 12.1.